The number of rotatable bonds is 6. The molecule has 0 spiro atoms. The van der Waals surface area contributed by atoms with Crippen LogP contribution in [0.2, 0.25) is 0 Å². The number of pyridine rings is 1. The topological polar surface area (TPSA) is 46.1 Å². The smallest absolute Gasteiger partial charge is 0.260 e. The van der Waals surface area contributed by atoms with E-state index in [4.69, 9.17) is 4.98 Å². The Kier molecular flexibility index (Phi) is 6.39. The first-order chi connectivity index (χ1) is 14.9. The molecule has 0 atom stereocenters. The molecular weight excluding hydrogens is 422 g/mol. The van der Waals surface area contributed by atoms with Gasteiger partial charge in [-0.1, -0.05) is 31.3 Å². The van der Waals surface area contributed by atoms with E-state index in [1.54, 1.807) is 34.2 Å². The van der Waals surface area contributed by atoms with E-state index in [1.165, 1.54) is 11.1 Å². The summed E-state index contributed by atoms with van der Waals surface area (Å²) in [6.07, 6.45) is 1.75. The lowest BCUT2D eigenvalue weighted by atomic mass is 10.1. The number of aromatic nitrogens is 2. The minimum Gasteiger partial charge on any atom is -0.278 e. The molecule has 4 aromatic rings. The number of anilines is 1. The molecule has 0 saturated carbocycles. The minimum absolute atomic E-state index is 0.0701. The maximum absolute atomic E-state index is 13.6. The summed E-state index contributed by atoms with van der Waals surface area (Å²) >= 11 is 3.33. The zero-order chi connectivity index (χ0) is 22.0. The predicted octanol–water partition coefficient (Wildman–Crippen LogP) is 6.66. The number of amides is 1. The average molecular weight is 448 g/mol. The van der Waals surface area contributed by atoms with Crippen molar-refractivity contribution in [3.05, 3.63) is 83.2 Å². The van der Waals surface area contributed by atoms with Gasteiger partial charge in [0.05, 0.1) is 22.5 Å². The Hall–Kier alpha value is -2.70. The van der Waals surface area contributed by atoms with Crippen molar-refractivity contribution in [1.29, 1.82) is 0 Å². The maximum atomic E-state index is 13.6. The van der Waals surface area contributed by atoms with Gasteiger partial charge in [0.25, 0.3) is 5.91 Å². The second kappa shape index (κ2) is 9.20. The summed E-state index contributed by atoms with van der Waals surface area (Å²) in [7, 11) is 0. The van der Waals surface area contributed by atoms with Crippen molar-refractivity contribution in [2.24, 2.45) is 0 Å². The first-order valence-electron chi connectivity index (χ1n) is 10.3. The van der Waals surface area contributed by atoms with E-state index in [0.29, 0.717) is 22.5 Å². The van der Waals surface area contributed by atoms with Crippen LogP contribution >= 0.6 is 23.1 Å². The number of fused-ring (bicyclic) bond motifs is 1. The fraction of sp³-hybridized carbons (Fsp3) is 0.240. The standard InChI is InChI=1S/C25H25N3OS2/c1-16(2)30-21-10-8-19(9-11-21)24(29)28(15-20-7-5-6-12-26-20)25-27-22-13-17(3)18(4)14-23(22)31-25/h5-14,16H,15H2,1-4H3. The fourth-order valence-electron chi connectivity index (χ4n) is 3.27. The van der Waals surface area contributed by atoms with Crippen LogP contribution in [0.25, 0.3) is 10.2 Å². The van der Waals surface area contributed by atoms with Crippen LogP contribution in [0.3, 0.4) is 0 Å². The number of carbonyl (C=O) groups is 1. The van der Waals surface area contributed by atoms with Crippen molar-refractivity contribution in [2.45, 2.75) is 44.4 Å². The molecule has 2 aromatic carbocycles. The SMILES string of the molecule is Cc1cc2nc(N(Cc3ccccn3)C(=O)c3ccc(SC(C)C)cc3)sc2cc1C. The van der Waals surface area contributed by atoms with Crippen molar-refractivity contribution in [1.82, 2.24) is 9.97 Å². The molecule has 0 aliphatic rings. The molecule has 6 heteroatoms. The van der Waals surface area contributed by atoms with Gasteiger partial charge in [-0.3, -0.25) is 14.7 Å². The summed E-state index contributed by atoms with van der Waals surface area (Å²) in [5, 5.41) is 1.19. The molecule has 0 N–H and O–H groups in total. The Bertz CT molecular complexity index is 1160. The van der Waals surface area contributed by atoms with Gasteiger partial charge in [-0.25, -0.2) is 4.98 Å². The predicted molar refractivity (Wildman–Crippen MR) is 131 cm³/mol. The van der Waals surface area contributed by atoms with Crippen LogP contribution in [0.4, 0.5) is 5.13 Å². The molecule has 4 nitrogen and oxygen atoms in total. The molecule has 1 amide bonds. The first kappa shape index (κ1) is 21.5. The molecule has 31 heavy (non-hydrogen) atoms. The lowest BCUT2D eigenvalue weighted by molar-refractivity contribution is 0.0984. The van der Waals surface area contributed by atoms with Gasteiger partial charge in [-0.05, 0) is 73.5 Å². The second-order valence-corrected chi connectivity index (χ2v) is 10.5. The van der Waals surface area contributed by atoms with Crippen molar-refractivity contribution in [3.63, 3.8) is 0 Å². The van der Waals surface area contributed by atoms with Crippen LogP contribution in [0, 0.1) is 13.8 Å². The van der Waals surface area contributed by atoms with E-state index >= 15 is 0 Å². The van der Waals surface area contributed by atoms with E-state index < -0.39 is 0 Å². The van der Waals surface area contributed by atoms with Crippen LogP contribution in [0.1, 0.15) is 41.0 Å². The molecule has 0 radical (unpaired) electrons. The molecule has 0 fully saturated rings. The third-order valence-corrected chi connectivity index (χ3v) is 7.04. The third kappa shape index (κ3) is 4.97. The molecule has 158 valence electrons. The van der Waals surface area contributed by atoms with Crippen molar-refractivity contribution < 1.29 is 4.79 Å². The van der Waals surface area contributed by atoms with Crippen molar-refractivity contribution in [2.75, 3.05) is 4.90 Å². The Labute approximate surface area is 191 Å². The number of hydrogen-bond acceptors (Lipinski definition) is 5. The van der Waals surface area contributed by atoms with Crippen LogP contribution in [0.5, 0.6) is 0 Å². The molecule has 2 heterocycles. The summed E-state index contributed by atoms with van der Waals surface area (Å²) in [5.41, 5.74) is 4.82. The molecule has 0 bridgehead atoms. The lowest BCUT2D eigenvalue weighted by Crippen LogP contribution is -2.30. The second-order valence-electron chi connectivity index (χ2n) is 7.80. The highest BCUT2D eigenvalue weighted by Gasteiger charge is 2.22. The molecule has 2 aromatic heterocycles. The molecule has 0 unspecified atom stereocenters. The number of thioether (sulfide) groups is 1. The third-order valence-electron chi connectivity index (χ3n) is 4.99. The van der Waals surface area contributed by atoms with E-state index in [0.717, 1.165) is 20.8 Å². The Balaban J connectivity index is 1.71. The van der Waals surface area contributed by atoms with Gasteiger partial charge in [0.2, 0.25) is 0 Å². The molecule has 0 aliphatic heterocycles. The van der Waals surface area contributed by atoms with Crippen LogP contribution < -0.4 is 4.90 Å². The molecule has 4 rings (SSSR count). The largest absolute Gasteiger partial charge is 0.278 e. The minimum atomic E-state index is -0.0701. The van der Waals surface area contributed by atoms with E-state index in [-0.39, 0.29) is 5.91 Å². The Morgan fingerprint density at radius 2 is 1.81 bits per heavy atom. The zero-order valence-corrected chi connectivity index (χ0v) is 19.8. The van der Waals surface area contributed by atoms with Gasteiger partial charge in [0.15, 0.2) is 5.13 Å². The quantitative estimate of drug-likeness (QED) is 0.310. The zero-order valence-electron chi connectivity index (χ0n) is 18.1. The Morgan fingerprint density at radius 3 is 2.48 bits per heavy atom. The first-order valence-corrected chi connectivity index (χ1v) is 12.0. The van der Waals surface area contributed by atoms with Gasteiger partial charge < -0.3 is 0 Å². The number of aryl methyl sites for hydroxylation is 2. The van der Waals surface area contributed by atoms with Gasteiger partial charge in [-0.2, -0.15) is 0 Å². The average Bonchev–Trinajstić information content (AvgIpc) is 3.15. The normalized spacial score (nSPS) is 11.3. The summed E-state index contributed by atoms with van der Waals surface area (Å²) in [6.45, 7) is 8.88. The number of benzene rings is 2. The van der Waals surface area contributed by atoms with Gasteiger partial charge in [-0.15, -0.1) is 11.8 Å². The highest BCUT2D eigenvalue weighted by atomic mass is 32.2. The maximum Gasteiger partial charge on any atom is 0.260 e. The molecule has 0 saturated heterocycles. The highest BCUT2D eigenvalue weighted by molar-refractivity contribution is 7.99. The number of carbonyl (C=O) groups excluding carboxylic acids is 1. The van der Waals surface area contributed by atoms with Gasteiger partial charge in [0, 0.05) is 21.9 Å². The Morgan fingerprint density at radius 1 is 1.06 bits per heavy atom. The fourth-order valence-corrected chi connectivity index (χ4v) is 5.15. The number of nitrogens with zero attached hydrogens (tertiary/aromatic N) is 3. The van der Waals surface area contributed by atoms with Crippen molar-refractivity contribution in [3.8, 4) is 0 Å². The summed E-state index contributed by atoms with van der Waals surface area (Å²) in [6, 6.07) is 17.8. The summed E-state index contributed by atoms with van der Waals surface area (Å²) in [4.78, 5) is 25.7. The van der Waals surface area contributed by atoms with Crippen LogP contribution in [0.15, 0.2) is 65.7 Å². The monoisotopic (exact) mass is 447 g/mol. The van der Waals surface area contributed by atoms with E-state index in [2.05, 4.69) is 44.8 Å². The number of hydrogen-bond donors (Lipinski definition) is 0. The van der Waals surface area contributed by atoms with Crippen molar-refractivity contribution >= 4 is 44.4 Å². The lowest BCUT2D eigenvalue weighted by Gasteiger charge is -2.20. The van der Waals surface area contributed by atoms with Crippen LogP contribution in [-0.2, 0) is 6.54 Å². The molecule has 0 aliphatic carbocycles. The number of thiazole rings is 1. The van der Waals surface area contributed by atoms with Crippen LogP contribution in [-0.4, -0.2) is 21.1 Å². The highest BCUT2D eigenvalue weighted by Crippen LogP contribution is 2.32. The molecular formula is C25H25N3OS2. The van der Waals surface area contributed by atoms with E-state index in [1.807, 2.05) is 42.5 Å². The van der Waals surface area contributed by atoms with E-state index in [9.17, 15) is 4.79 Å². The summed E-state index contributed by atoms with van der Waals surface area (Å²) in [5.74, 6) is -0.0701. The summed E-state index contributed by atoms with van der Waals surface area (Å²) < 4.78 is 1.08. The van der Waals surface area contributed by atoms with Gasteiger partial charge >= 0.3 is 0 Å². The van der Waals surface area contributed by atoms with Gasteiger partial charge in [0.1, 0.15) is 0 Å².